The van der Waals surface area contributed by atoms with E-state index in [-0.39, 0.29) is 0 Å². The summed E-state index contributed by atoms with van der Waals surface area (Å²) < 4.78 is 0. The Kier molecular flexibility index (Phi) is 4.25. The van der Waals surface area contributed by atoms with Gasteiger partial charge in [0.2, 0.25) is 0 Å². The Morgan fingerprint density at radius 3 is 2.67 bits per heavy atom. The first-order chi connectivity index (χ1) is 5.83. The fraction of sp³-hybridized carbons (Fsp3) is 0.444. The number of nitrogens with zero attached hydrogens (tertiary/aromatic N) is 2. The van der Waals surface area contributed by atoms with Crippen LogP contribution in [-0.4, -0.2) is 28.9 Å². The predicted octanol–water partition coefficient (Wildman–Crippen LogP) is 1.91. The maximum absolute atomic E-state index is 3.97. The van der Waals surface area contributed by atoms with E-state index in [1.165, 1.54) is 5.56 Å². The standard InChI is InChI=1S/C9H13BrN2/c1-12(8-10)7-4-9-2-5-11-6-3-9/h2-3,5-6H,4,7-8H2,1H3. The van der Waals surface area contributed by atoms with Crippen molar-refractivity contribution in [2.24, 2.45) is 0 Å². The molecule has 0 aliphatic heterocycles. The van der Waals surface area contributed by atoms with Crippen LogP contribution in [0.5, 0.6) is 0 Å². The second kappa shape index (κ2) is 5.27. The number of hydrogen-bond acceptors (Lipinski definition) is 2. The van der Waals surface area contributed by atoms with Crippen LogP contribution in [0.4, 0.5) is 0 Å². The first-order valence-corrected chi connectivity index (χ1v) is 5.08. The fourth-order valence-electron chi connectivity index (χ4n) is 0.929. The zero-order chi connectivity index (χ0) is 8.81. The third-order valence-electron chi connectivity index (χ3n) is 1.74. The van der Waals surface area contributed by atoms with Crippen molar-refractivity contribution in [3.05, 3.63) is 30.1 Å². The molecule has 3 heteroatoms. The number of likely N-dealkylation sites (N-methyl/N-ethyl adjacent to an activating group) is 1. The maximum atomic E-state index is 3.97. The summed E-state index contributed by atoms with van der Waals surface area (Å²) in [6.45, 7) is 1.08. The number of aromatic nitrogens is 1. The van der Waals surface area contributed by atoms with Crippen molar-refractivity contribution in [2.75, 3.05) is 19.0 Å². The number of pyridine rings is 1. The summed E-state index contributed by atoms with van der Waals surface area (Å²) in [5, 5.41) is 0. The van der Waals surface area contributed by atoms with E-state index in [0.717, 1.165) is 18.4 Å². The van der Waals surface area contributed by atoms with Crippen molar-refractivity contribution >= 4 is 15.9 Å². The number of hydrogen-bond donors (Lipinski definition) is 0. The summed E-state index contributed by atoms with van der Waals surface area (Å²) in [6, 6.07) is 4.12. The lowest BCUT2D eigenvalue weighted by Crippen LogP contribution is -2.18. The van der Waals surface area contributed by atoms with Gasteiger partial charge < -0.3 is 0 Å². The van der Waals surface area contributed by atoms with Gasteiger partial charge in [0.1, 0.15) is 0 Å². The van der Waals surface area contributed by atoms with Crippen LogP contribution >= 0.6 is 15.9 Å². The topological polar surface area (TPSA) is 16.1 Å². The van der Waals surface area contributed by atoms with Crippen LogP contribution in [0.25, 0.3) is 0 Å². The highest BCUT2D eigenvalue weighted by molar-refractivity contribution is 9.09. The highest BCUT2D eigenvalue weighted by Crippen LogP contribution is 1.99. The molecule has 0 aliphatic carbocycles. The molecule has 0 amide bonds. The van der Waals surface area contributed by atoms with Gasteiger partial charge in [-0.05, 0) is 31.2 Å². The zero-order valence-corrected chi connectivity index (χ0v) is 8.79. The average molecular weight is 229 g/mol. The molecule has 0 bridgehead atoms. The van der Waals surface area contributed by atoms with Crippen LogP contribution in [0.3, 0.4) is 0 Å². The van der Waals surface area contributed by atoms with Crippen molar-refractivity contribution in [1.82, 2.24) is 9.88 Å². The summed E-state index contributed by atoms with van der Waals surface area (Å²) >= 11 is 3.40. The van der Waals surface area contributed by atoms with Gasteiger partial charge >= 0.3 is 0 Å². The van der Waals surface area contributed by atoms with E-state index in [4.69, 9.17) is 0 Å². The van der Waals surface area contributed by atoms with E-state index < -0.39 is 0 Å². The molecule has 2 nitrogen and oxygen atoms in total. The molecule has 1 aromatic rings. The first-order valence-electron chi connectivity index (χ1n) is 3.96. The summed E-state index contributed by atoms with van der Waals surface area (Å²) in [7, 11) is 2.09. The summed E-state index contributed by atoms with van der Waals surface area (Å²) in [5.74, 6) is 0. The van der Waals surface area contributed by atoms with E-state index >= 15 is 0 Å². The quantitative estimate of drug-likeness (QED) is 0.579. The molecule has 1 heterocycles. The summed E-state index contributed by atoms with van der Waals surface area (Å²) in [4.78, 5) is 6.19. The minimum absolute atomic E-state index is 0.929. The highest BCUT2D eigenvalue weighted by Gasteiger charge is 1.95. The van der Waals surface area contributed by atoms with Gasteiger partial charge in [0.15, 0.2) is 0 Å². The Hall–Kier alpha value is -0.410. The lowest BCUT2D eigenvalue weighted by Gasteiger charge is -2.11. The smallest absolute Gasteiger partial charge is 0.0539 e. The van der Waals surface area contributed by atoms with Crippen LogP contribution in [0.1, 0.15) is 5.56 Å². The van der Waals surface area contributed by atoms with Crippen molar-refractivity contribution in [3.63, 3.8) is 0 Å². The van der Waals surface area contributed by atoms with Gasteiger partial charge in [-0.3, -0.25) is 9.88 Å². The molecule has 0 aliphatic rings. The molecule has 0 N–H and O–H groups in total. The fourth-order valence-corrected chi connectivity index (χ4v) is 1.18. The average Bonchev–Trinajstić information content (AvgIpc) is 2.16. The molecule has 1 rings (SSSR count). The Morgan fingerprint density at radius 2 is 2.08 bits per heavy atom. The van der Waals surface area contributed by atoms with Crippen molar-refractivity contribution in [3.8, 4) is 0 Å². The Morgan fingerprint density at radius 1 is 1.42 bits per heavy atom. The van der Waals surface area contributed by atoms with Crippen LogP contribution in [0, 0.1) is 0 Å². The van der Waals surface area contributed by atoms with Crippen LogP contribution in [0.2, 0.25) is 0 Å². The number of alkyl halides is 1. The third kappa shape index (κ3) is 3.32. The minimum Gasteiger partial charge on any atom is -0.296 e. The van der Waals surface area contributed by atoms with E-state index in [1.807, 2.05) is 12.4 Å². The molecule has 0 spiro atoms. The predicted molar refractivity (Wildman–Crippen MR) is 54.4 cm³/mol. The van der Waals surface area contributed by atoms with E-state index in [0.29, 0.717) is 0 Å². The lowest BCUT2D eigenvalue weighted by molar-refractivity contribution is 0.401. The SMILES string of the molecule is CN(CBr)CCc1ccncc1. The molecular weight excluding hydrogens is 216 g/mol. The second-order valence-corrected chi connectivity index (χ2v) is 3.31. The molecule has 0 radical (unpaired) electrons. The largest absolute Gasteiger partial charge is 0.296 e. The van der Waals surface area contributed by atoms with E-state index in [2.05, 4.69) is 45.0 Å². The Labute approximate surface area is 81.7 Å². The second-order valence-electron chi connectivity index (χ2n) is 2.80. The molecule has 66 valence electrons. The summed E-state index contributed by atoms with van der Waals surface area (Å²) in [6.07, 6.45) is 4.76. The van der Waals surface area contributed by atoms with Crippen molar-refractivity contribution in [1.29, 1.82) is 0 Å². The van der Waals surface area contributed by atoms with Gasteiger partial charge in [0, 0.05) is 18.9 Å². The monoisotopic (exact) mass is 228 g/mol. The molecule has 1 aromatic heterocycles. The minimum atomic E-state index is 0.929. The van der Waals surface area contributed by atoms with Gasteiger partial charge in [0.05, 0.1) is 5.45 Å². The van der Waals surface area contributed by atoms with Crippen LogP contribution in [-0.2, 0) is 6.42 Å². The molecule has 0 aromatic carbocycles. The Bertz CT molecular complexity index is 213. The molecule has 0 unspecified atom stereocenters. The Balaban J connectivity index is 2.33. The highest BCUT2D eigenvalue weighted by atomic mass is 79.9. The van der Waals surface area contributed by atoms with Gasteiger partial charge in [-0.2, -0.15) is 0 Å². The summed E-state index contributed by atoms with van der Waals surface area (Å²) in [5.41, 5.74) is 2.27. The van der Waals surface area contributed by atoms with Gasteiger partial charge in [-0.25, -0.2) is 0 Å². The van der Waals surface area contributed by atoms with E-state index in [9.17, 15) is 0 Å². The van der Waals surface area contributed by atoms with Crippen molar-refractivity contribution < 1.29 is 0 Å². The van der Waals surface area contributed by atoms with Gasteiger partial charge in [-0.1, -0.05) is 15.9 Å². The number of halogens is 1. The molecule has 0 fully saturated rings. The first kappa shape index (κ1) is 9.68. The third-order valence-corrected chi connectivity index (χ3v) is 2.59. The molecular formula is C9H13BrN2. The van der Waals surface area contributed by atoms with Gasteiger partial charge in [0.25, 0.3) is 0 Å². The lowest BCUT2D eigenvalue weighted by atomic mass is 10.2. The zero-order valence-electron chi connectivity index (χ0n) is 7.20. The van der Waals surface area contributed by atoms with Crippen LogP contribution < -0.4 is 0 Å². The van der Waals surface area contributed by atoms with Crippen LogP contribution in [0.15, 0.2) is 24.5 Å². The number of rotatable bonds is 4. The molecule has 0 atom stereocenters. The van der Waals surface area contributed by atoms with Gasteiger partial charge in [-0.15, -0.1) is 0 Å². The molecule has 0 saturated carbocycles. The normalized spacial score (nSPS) is 10.6. The molecule has 0 saturated heterocycles. The van der Waals surface area contributed by atoms with Crippen molar-refractivity contribution in [2.45, 2.75) is 6.42 Å². The molecule has 12 heavy (non-hydrogen) atoms. The maximum Gasteiger partial charge on any atom is 0.0539 e. The van der Waals surface area contributed by atoms with E-state index in [1.54, 1.807) is 0 Å².